The zero-order valence-corrected chi connectivity index (χ0v) is 16.5. The zero-order valence-electron chi connectivity index (χ0n) is 16.5. The predicted molar refractivity (Wildman–Crippen MR) is 105 cm³/mol. The molecule has 1 aliphatic heterocycles. The molecule has 0 unspecified atom stereocenters. The lowest BCUT2D eigenvalue weighted by atomic mass is 10.0. The number of hydrogen-bond acceptors (Lipinski definition) is 4. The second-order valence-electron chi connectivity index (χ2n) is 6.91. The molecule has 1 aliphatic rings. The summed E-state index contributed by atoms with van der Waals surface area (Å²) in [6.07, 6.45) is 1.86. The minimum atomic E-state index is -0.0229. The highest BCUT2D eigenvalue weighted by Gasteiger charge is 2.32. The van der Waals surface area contributed by atoms with E-state index in [1.54, 1.807) is 14.2 Å². The van der Waals surface area contributed by atoms with Gasteiger partial charge in [0, 0.05) is 12.1 Å². The van der Waals surface area contributed by atoms with Crippen molar-refractivity contribution in [3.63, 3.8) is 0 Å². The molecule has 2 aromatic carbocycles. The molecule has 5 heteroatoms. The monoisotopic (exact) mass is 369 g/mol. The molecule has 1 fully saturated rings. The smallest absolute Gasteiger partial charge is 0.261 e. The molecular weight excluding hydrogens is 342 g/mol. The van der Waals surface area contributed by atoms with Gasteiger partial charge in [-0.25, -0.2) is 0 Å². The van der Waals surface area contributed by atoms with E-state index in [1.807, 2.05) is 49.1 Å². The average molecular weight is 369 g/mol. The number of benzene rings is 2. The number of carbonyl (C=O) groups excluding carboxylic acids is 1. The lowest BCUT2D eigenvalue weighted by Gasteiger charge is -2.27. The number of amides is 1. The number of methoxy groups -OCH3 is 2. The van der Waals surface area contributed by atoms with Crippen molar-refractivity contribution in [2.45, 2.75) is 32.7 Å². The second-order valence-corrected chi connectivity index (χ2v) is 6.91. The van der Waals surface area contributed by atoms with Crippen LogP contribution in [0.2, 0.25) is 0 Å². The first-order valence-electron chi connectivity index (χ1n) is 9.25. The molecular formula is C22H27NO4. The highest BCUT2D eigenvalue weighted by atomic mass is 16.5. The summed E-state index contributed by atoms with van der Waals surface area (Å²) in [6.45, 7) is 4.79. The minimum Gasteiger partial charge on any atom is -0.497 e. The third kappa shape index (κ3) is 4.18. The van der Waals surface area contributed by atoms with Crippen LogP contribution in [-0.4, -0.2) is 38.2 Å². The quantitative estimate of drug-likeness (QED) is 0.770. The van der Waals surface area contributed by atoms with Crippen LogP contribution in [0.25, 0.3) is 0 Å². The Morgan fingerprint density at radius 1 is 1.07 bits per heavy atom. The Hall–Kier alpha value is -2.69. The Morgan fingerprint density at radius 2 is 1.85 bits per heavy atom. The van der Waals surface area contributed by atoms with Crippen LogP contribution in [0.3, 0.4) is 0 Å². The van der Waals surface area contributed by atoms with Crippen molar-refractivity contribution >= 4 is 5.91 Å². The highest BCUT2D eigenvalue weighted by Crippen LogP contribution is 2.39. The maximum Gasteiger partial charge on any atom is 0.261 e. The number of carbonyl (C=O) groups is 1. The van der Waals surface area contributed by atoms with Gasteiger partial charge in [0.15, 0.2) is 6.61 Å². The number of ether oxygens (including phenoxy) is 3. The minimum absolute atomic E-state index is 0.0117. The SMILES string of the molecule is COc1ccc(OC)c([C@@H]2CCCN2C(=O)COc2ccc(C)cc2C)c1. The fourth-order valence-corrected chi connectivity index (χ4v) is 3.67. The Labute approximate surface area is 160 Å². The van der Waals surface area contributed by atoms with Crippen LogP contribution in [0.1, 0.15) is 35.6 Å². The lowest BCUT2D eigenvalue weighted by molar-refractivity contribution is -0.134. The van der Waals surface area contributed by atoms with Gasteiger partial charge in [-0.1, -0.05) is 17.7 Å². The Balaban J connectivity index is 1.75. The van der Waals surface area contributed by atoms with Crippen molar-refractivity contribution in [2.24, 2.45) is 0 Å². The van der Waals surface area contributed by atoms with E-state index >= 15 is 0 Å². The van der Waals surface area contributed by atoms with Crippen LogP contribution in [0.15, 0.2) is 36.4 Å². The summed E-state index contributed by atoms with van der Waals surface area (Å²) < 4.78 is 16.7. The van der Waals surface area contributed by atoms with E-state index in [2.05, 4.69) is 6.07 Å². The van der Waals surface area contributed by atoms with Crippen molar-refractivity contribution < 1.29 is 19.0 Å². The first-order chi connectivity index (χ1) is 13.0. The number of aryl methyl sites for hydroxylation is 2. The molecule has 1 heterocycles. The van der Waals surface area contributed by atoms with Crippen LogP contribution >= 0.6 is 0 Å². The number of likely N-dealkylation sites (tertiary alicyclic amines) is 1. The van der Waals surface area contributed by atoms with E-state index < -0.39 is 0 Å². The molecule has 0 saturated carbocycles. The Morgan fingerprint density at radius 3 is 2.56 bits per heavy atom. The van der Waals surface area contributed by atoms with Gasteiger partial charge < -0.3 is 19.1 Å². The summed E-state index contributed by atoms with van der Waals surface area (Å²) in [7, 11) is 3.29. The molecule has 3 rings (SSSR count). The Bertz CT molecular complexity index is 818. The van der Waals surface area contributed by atoms with Crippen molar-refractivity contribution in [1.29, 1.82) is 0 Å². The van der Waals surface area contributed by atoms with Crippen LogP contribution in [0.4, 0.5) is 0 Å². The predicted octanol–water partition coefficient (Wildman–Crippen LogP) is 4.06. The van der Waals surface area contributed by atoms with Gasteiger partial charge in [-0.15, -0.1) is 0 Å². The van der Waals surface area contributed by atoms with Crippen LogP contribution in [0.5, 0.6) is 17.2 Å². The van der Waals surface area contributed by atoms with E-state index in [4.69, 9.17) is 14.2 Å². The maximum absolute atomic E-state index is 12.9. The molecule has 144 valence electrons. The molecule has 1 amide bonds. The molecule has 2 aromatic rings. The summed E-state index contributed by atoms with van der Waals surface area (Å²) >= 11 is 0. The van der Waals surface area contributed by atoms with Gasteiger partial charge in [-0.3, -0.25) is 4.79 Å². The van der Waals surface area contributed by atoms with Gasteiger partial charge in [0.05, 0.1) is 20.3 Å². The molecule has 5 nitrogen and oxygen atoms in total. The lowest BCUT2D eigenvalue weighted by Crippen LogP contribution is -2.34. The van der Waals surface area contributed by atoms with E-state index in [9.17, 15) is 4.79 Å². The summed E-state index contributed by atoms with van der Waals surface area (Å²) in [5, 5.41) is 0. The van der Waals surface area contributed by atoms with Gasteiger partial charge in [0.2, 0.25) is 0 Å². The van der Waals surface area contributed by atoms with E-state index in [1.165, 1.54) is 5.56 Å². The molecule has 1 saturated heterocycles. The van der Waals surface area contributed by atoms with Crippen LogP contribution < -0.4 is 14.2 Å². The van der Waals surface area contributed by atoms with E-state index in [-0.39, 0.29) is 18.6 Å². The number of nitrogens with zero attached hydrogens (tertiary/aromatic N) is 1. The average Bonchev–Trinajstić information content (AvgIpc) is 3.16. The van der Waals surface area contributed by atoms with Gasteiger partial charge in [-0.2, -0.15) is 0 Å². The van der Waals surface area contributed by atoms with Gasteiger partial charge in [-0.05, 0) is 56.5 Å². The molecule has 0 aliphatic carbocycles. The molecule has 0 N–H and O–H groups in total. The fourth-order valence-electron chi connectivity index (χ4n) is 3.67. The third-order valence-corrected chi connectivity index (χ3v) is 5.05. The highest BCUT2D eigenvalue weighted by molar-refractivity contribution is 5.79. The largest absolute Gasteiger partial charge is 0.497 e. The standard InChI is InChI=1S/C22H27NO4/c1-15-7-9-20(16(2)12-15)27-14-22(24)23-11-5-6-19(23)18-13-17(25-3)8-10-21(18)26-4/h7-10,12-13,19H,5-6,11,14H2,1-4H3/t19-/m0/s1. The molecule has 0 radical (unpaired) electrons. The van der Waals surface area contributed by atoms with Crippen LogP contribution in [-0.2, 0) is 4.79 Å². The summed E-state index contributed by atoms with van der Waals surface area (Å²) in [6, 6.07) is 11.7. The topological polar surface area (TPSA) is 48.0 Å². The fraction of sp³-hybridized carbons (Fsp3) is 0.409. The van der Waals surface area contributed by atoms with Crippen molar-refractivity contribution in [3.05, 3.63) is 53.1 Å². The number of rotatable bonds is 6. The first kappa shape index (κ1) is 19.1. The number of hydrogen-bond donors (Lipinski definition) is 0. The van der Waals surface area contributed by atoms with E-state index in [0.29, 0.717) is 0 Å². The summed E-state index contributed by atoms with van der Waals surface area (Å²) in [5.74, 6) is 2.28. The Kier molecular flexibility index (Phi) is 5.89. The summed E-state index contributed by atoms with van der Waals surface area (Å²) in [5.41, 5.74) is 3.19. The van der Waals surface area contributed by atoms with E-state index in [0.717, 1.165) is 47.8 Å². The third-order valence-electron chi connectivity index (χ3n) is 5.05. The van der Waals surface area contributed by atoms with Gasteiger partial charge in [0.1, 0.15) is 17.2 Å². The molecule has 1 atom stereocenters. The second kappa shape index (κ2) is 8.33. The van der Waals surface area contributed by atoms with Gasteiger partial charge in [0.25, 0.3) is 5.91 Å². The maximum atomic E-state index is 12.9. The molecule has 0 bridgehead atoms. The molecule has 27 heavy (non-hydrogen) atoms. The normalized spacial score (nSPS) is 16.3. The molecule has 0 aromatic heterocycles. The first-order valence-corrected chi connectivity index (χ1v) is 9.25. The van der Waals surface area contributed by atoms with Crippen molar-refractivity contribution in [1.82, 2.24) is 4.90 Å². The van der Waals surface area contributed by atoms with Crippen LogP contribution in [0, 0.1) is 13.8 Å². The molecule has 0 spiro atoms. The van der Waals surface area contributed by atoms with Crippen molar-refractivity contribution in [2.75, 3.05) is 27.4 Å². The van der Waals surface area contributed by atoms with Gasteiger partial charge >= 0.3 is 0 Å². The summed E-state index contributed by atoms with van der Waals surface area (Å²) in [4.78, 5) is 14.8. The zero-order chi connectivity index (χ0) is 19.4. The van der Waals surface area contributed by atoms with Crippen molar-refractivity contribution in [3.8, 4) is 17.2 Å².